The largest absolute Gasteiger partial charge is 0.484 e. The summed E-state index contributed by atoms with van der Waals surface area (Å²) < 4.78 is 42.9. The third-order valence-corrected chi connectivity index (χ3v) is 4.62. The third-order valence-electron chi connectivity index (χ3n) is 3.57. The minimum Gasteiger partial charge on any atom is -0.484 e. The number of benzene rings is 2. The first-order valence-electron chi connectivity index (χ1n) is 7.27. The minimum absolute atomic E-state index is 0.218. The van der Waals surface area contributed by atoms with Crippen LogP contribution in [0.1, 0.15) is 5.56 Å². The SMILES string of the molecule is O=C(COc1ccc(C(F)(F)F)cc1)N1CCSc2ccccc21. The molecule has 3 rings (SSSR count). The van der Waals surface area contributed by atoms with Gasteiger partial charge in [-0.2, -0.15) is 13.2 Å². The fraction of sp³-hybridized carbons (Fsp3) is 0.235. The highest BCUT2D eigenvalue weighted by Gasteiger charge is 2.30. The number of carbonyl (C=O) groups excluding carboxylic acids is 1. The van der Waals surface area contributed by atoms with E-state index in [0.717, 1.165) is 28.5 Å². The van der Waals surface area contributed by atoms with Gasteiger partial charge in [0.1, 0.15) is 5.75 Å². The number of halogens is 3. The van der Waals surface area contributed by atoms with Crippen LogP contribution in [0.5, 0.6) is 5.75 Å². The van der Waals surface area contributed by atoms with Gasteiger partial charge in [-0.3, -0.25) is 4.79 Å². The molecule has 2 aromatic carbocycles. The molecule has 0 N–H and O–H groups in total. The number of para-hydroxylation sites is 1. The number of rotatable bonds is 3. The van der Waals surface area contributed by atoms with Crippen LogP contribution in [-0.4, -0.2) is 24.8 Å². The Morgan fingerprint density at radius 1 is 1.12 bits per heavy atom. The average Bonchev–Trinajstić information content (AvgIpc) is 2.59. The normalized spacial score (nSPS) is 14.2. The first-order chi connectivity index (χ1) is 11.4. The van der Waals surface area contributed by atoms with E-state index < -0.39 is 11.7 Å². The van der Waals surface area contributed by atoms with Crippen molar-refractivity contribution < 1.29 is 22.7 Å². The van der Waals surface area contributed by atoms with E-state index in [1.807, 2.05) is 24.3 Å². The van der Waals surface area contributed by atoms with E-state index in [1.54, 1.807) is 16.7 Å². The van der Waals surface area contributed by atoms with Gasteiger partial charge in [-0.05, 0) is 36.4 Å². The Balaban J connectivity index is 1.64. The molecule has 0 atom stereocenters. The molecular formula is C17H14F3NO2S. The maximum atomic E-state index is 12.5. The second-order valence-corrected chi connectivity index (χ2v) is 6.31. The lowest BCUT2D eigenvalue weighted by atomic mass is 10.2. The second-order valence-electron chi connectivity index (χ2n) is 5.17. The van der Waals surface area contributed by atoms with Gasteiger partial charge in [-0.15, -0.1) is 11.8 Å². The van der Waals surface area contributed by atoms with Crippen LogP contribution in [0.4, 0.5) is 18.9 Å². The van der Waals surface area contributed by atoms with Gasteiger partial charge < -0.3 is 9.64 Å². The highest BCUT2D eigenvalue weighted by molar-refractivity contribution is 7.99. The van der Waals surface area contributed by atoms with Crippen molar-refractivity contribution in [2.75, 3.05) is 23.8 Å². The Morgan fingerprint density at radius 2 is 1.83 bits per heavy atom. The van der Waals surface area contributed by atoms with E-state index in [9.17, 15) is 18.0 Å². The summed E-state index contributed by atoms with van der Waals surface area (Å²) in [6.45, 7) is 0.362. The highest BCUT2D eigenvalue weighted by Crippen LogP contribution is 2.34. The van der Waals surface area contributed by atoms with Gasteiger partial charge in [0.25, 0.3) is 5.91 Å². The highest BCUT2D eigenvalue weighted by atomic mass is 32.2. The van der Waals surface area contributed by atoms with Crippen LogP contribution in [0.15, 0.2) is 53.4 Å². The van der Waals surface area contributed by atoms with Crippen LogP contribution in [0.3, 0.4) is 0 Å². The number of alkyl halides is 3. The molecular weight excluding hydrogens is 339 g/mol. The number of thioether (sulfide) groups is 1. The molecule has 0 fully saturated rings. The lowest BCUT2D eigenvalue weighted by Gasteiger charge is -2.28. The monoisotopic (exact) mass is 353 g/mol. The third kappa shape index (κ3) is 3.67. The summed E-state index contributed by atoms with van der Waals surface area (Å²) in [5, 5.41) is 0. The Kier molecular flexibility index (Phi) is 4.71. The van der Waals surface area contributed by atoms with Gasteiger partial charge in [0.2, 0.25) is 0 Å². The van der Waals surface area contributed by atoms with Crippen LogP contribution < -0.4 is 9.64 Å². The maximum Gasteiger partial charge on any atom is 0.416 e. The summed E-state index contributed by atoms with van der Waals surface area (Å²) in [5.41, 5.74) is 0.0953. The molecule has 24 heavy (non-hydrogen) atoms. The summed E-state index contributed by atoms with van der Waals surface area (Å²) in [6.07, 6.45) is -4.39. The molecule has 0 aromatic heterocycles. The number of hydrogen-bond donors (Lipinski definition) is 0. The molecule has 1 amide bonds. The second kappa shape index (κ2) is 6.76. The molecule has 0 saturated carbocycles. The topological polar surface area (TPSA) is 29.5 Å². The van der Waals surface area contributed by atoms with Crippen molar-refractivity contribution in [2.24, 2.45) is 0 Å². The fourth-order valence-electron chi connectivity index (χ4n) is 2.39. The molecule has 0 bridgehead atoms. The minimum atomic E-state index is -4.39. The number of nitrogens with zero attached hydrogens (tertiary/aromatic N) is 1. The summed E-state index contributed by atoms with van der Waals surface area (Å²) >= 11 is 1.69. The number of amides is 1. The van der Waals surface area contributed by atoms with E-state index in [2.05, 4.69) is 0 Å². The Hall–Kier alpha value is -2.15. The van der Waals surface area contributed by atoms with Gasteiger partial charge in [0.15, 0.2) is 6.61 Å². The van der Waals surface area contributed by atoms with Gasteiger partial charge in [0, 0.05) is 17.2 Å². The maximum absolute atomic E-state index is 12.5. The smallest absolute Gasteiger partial charge is 0.416 e. The van der Waals surface area contributed by atoms with Crippen molar-refractivity contribution in [3.63, 3.8) is 0 Å². The van der Waals surface area contributed by atoms with Crippen LogP contribution in [0, 0.1) is 0 Å². The number of carbonyl (C=O) groups is 1. The fourth-order valence-corrected chi connectivity index (χ4v) is 3.39. The quantitative estimate of drug-likeness (QED) is 0.827. The summed E-state index contributed by atoms with van der Waals surface area (Å²) in [5.74, 6) is 0.807. The van der Waals surface area contributed by atoms with Crippen LogP contribution in [-0.2, 0) is 11.0 Å². The molecule has 0 aliphatic carbocycles. The lowest BCUT2D eigenvalue weighted by molar-refractivity contribution is -0.137. The Morgan fingerprint density at radius 3 is 2.54 bits per heavy atom. The Bertz CT molecular complexity index is 731. The van der Waals surface area contributed by atoms with Crippen LogP contribution >= 0.6 is 11.8 Å². The summed E-state index contributed by atoms with van der Waals surface area (Å²) in [6, 6.07) is 11.9. The molecule has 1 aliphatic heterocycles. The first-order valence-corrected chi connectivity index (χ1v) is 8.26. The molecule has 3 nitrogen and oxygen atoms in total. The van der Waals surface area contributed by atoms with E-state index in [4.69, 9.17) is 4.74 Å². The molecule has 1 heterocycles. The Labute approximate surface area is 141 Å². The van der Waals surface area contributed by atoms with Crippen LogP contribution in [0.25, 0.3) is 0 Å². The molecule has 1 aliphatic rings. The van der Waals surface area contributed by atoms with Crippen molar-refractivity contribution in [2.45, 2.75) is 11.1 Å². The van der Waals surface area contributed by atoms with E-state index >= 15 is 0 Å². The molecule has 0 unspecified atom stereocenters. The van der Waals surface area contributed by atoms with Gasteiger partial charge in [0.05, 0.1) is 11.3 Å². The molecule has 0 spiro atoms. The first kappa shape index (κ1) is 16.7. The van der Waals surface area contributed by atoms with Gasteiger partial charge in [-0.1, -0.05) is 12.1 Å². The number of ether oxygens (including phenoxy) is 1. The zero-order valence-electron chi connectivity index (χ0n) is 12.5. The van der Waals surface area contributed by atoms with Gasteiger partial charge in [-0.25, -0.2) is 0 Å². The van der Waals surface area contributed by atoms with Crippen LogP contribution in [0.2, 0.25) is 0 Å². The predicted octanol–water partition coefficient (Wildman–Crippen LogP) is 4.22. The lowest BCUT2D eigenvalue weighted by Crippen LogP contribution is -2.38. The number of anilines is 1. The summed E-state index contributed by atoms with van der Waals surface area (Å²) in [7, 11) is 0. The molecule has 7 heteroatoms. The van der Waals surface area contributed by atoms with E-state index in [-0.39, 0.29) is 18.3 Å². The molecule has 0 saturated heterocycles. The van der Waals surface area contributed by atoms with E-state index in [0.29, 0.717) is 6.54 Å². The van der Waals surface area contributed by atoms with Crippen molar-refractivity contribution >= 4 is 23.4 Å². The zero-order chi connectivity index (χ0) is 17.2. The van der Waals surface area contributed by atoms with Crippen molar-refractivity contribution in [1.82, 2.24) is 0 Å². The summed E-state index contributed by atoms with van der Waals surface area (Å²) in [4.78, 5) is 15.1. The van der Waals surface area contributed by atoms with Gasteiger partial charge >= 0.3 is 6.18 Å². The number of fused-ring (bicyclic) bond motifs is 1. The molecule has 2 aromatic rings. The molecule has 0 radical (unpaired) electrons. The predicted molar refractivity (Wildman–Crippen MR) is 86.5 cm³/mol. The molecule has 126 valence electrons. The zero-order valence-corrected chi connectivity index (χ0v) is 13.4. The number of hydrogen-bond acceptors (Lipinski definition) is 3. The van der Waals surface area contributed by atoms with Crippen molar-refractivity contribution in [3.8, 4) is 5.75 Å². The van der Waals surface area contributed by atoms with E-state index in [1.165, 1.54) is 12.1 Å². The average molecular weight is 353 g/mol. The van der Waals surface area contributed by atoms with Crippen molar-refractivity contribution in [1.29, 1.82) is 0 Å². The van der Waals surface area contributed by atoms with Crippen molar-refractivity contribution in [3.05, 3.63) is 54.1 Å². The standard InChI is InChI=1S/C17H14F3NO2S/c18-17(19,20)12-5-7-13(8-6-12)23-11-16(22)21-9-10-24-15-4-2-1-3-14(15)21/h1-8H,9-11H2.